The van der Waals surface area contributed by atoms with Crippen molar-refractivity contribution >= 4 is 41.0 Å². The summed E-state index contributed by atoms with van der Waals surface area (Å²) in [6.07, 6.45) is 0.797. The quantitative estimate of drug-likeness (QED) is 0.340. The van der Waals surface area contributed by atoms with Gasteiger partial charge >= 0.3 is 5.69 Å². The van der Waals surface area contributed by atoms with Gasteiger partial charge in [0.15, 0.2) is 0 Å². The number of nitrogens with one attached hydrogen (secondary N) is 2. The number of anilines is 1. The van der Waals surface area contributed by atoms with Gasteiger partial charge in [0.2, 0.25) is 17.6 Å². The molecule has 10 nitrogen and oxygen atoms in total. The van der Waals surface area contributed by atoms with E-state index in [2.05, 4.69) is 15.8 Å². The van der Waals surface area contributed by atoms with Crippen LogP contribution in [0.4, 0.5) is 11.4 Å². The van der Waals surface area contributed by atoms with Crippen LogP contribution in [0.3, 0.4) is 0 Å². The number of nitro benzene ring substituents is 1. The number of hydrogen-bond donors (Lipinski definition) is 3. The lowest BCUT2D eigenvalue weighted by atomic mass is 10.2. The number of carbonyl (C=O) groups is 2. The number of benzene rings is 2. The van der Waals surface area contributed by atoms with E-state index in [9.17, 15) is 24.8 Å². The van der Waals surface area contributed by atoms with E-state index in [4.69, 9.17) is 16.3 Å². The van der Waals surface area contributed by atoms with Gasteiger partial charge in [-0.25, -0.2) is 5.43 Å². The van der Waals surface area contributed by atoms with Gasteiger partial charge in [-0.05, 0) is 30.3 Å². The van der Waals surface area contributed by atoms with Crippen LogP contribution < -0.4 is 15.5 Å². The molecule has 3 N–H and O–H groups in total. The molecule has 0 aliphatic carbocycles. The highest BCUT2D eigenvalue weighted by Crippen LogP contribution is 2.32. The van der Waals surface area contributed by atoms with Crippen molar-refractivity contribution in [2.24, 2.45) is 5.10 Å². The molecule has 2 aromatic carbocycles. The summed E-state index contributed by atoms with van der Waals surface area (Å²) in [4.78, 5) is 33.7. The second-order valence-corrected chi connectivity index (χ2v) is 6.13. The van der Waals surface area contributed by atoms with Crippen LogP contribution in [0.2, 0.25) is 5.02 Å². The standard InChI is InChI=1S/C18H17ClN4O6/c1-29-14-4-2-13(3-5-14)21-16(24)6-7-17(25)22-20-10-11-8-12(19)9-15(18(11)26)23(27)28/h2-5,8-10,26H,6-7H2,1H3,(H,21,24)(H,22,25)/b20-10+. The first-order valence-corrected chi connectivity index (χ1v) is 8.60. The number of nitrogens with zero attached hydrogens (tertiary/aromatic N) is 2. The molecule has 0 radical (unpaired) electrons. The van der Waals surface area contributed by atoms with Crippen LogP contribution in [-0.2, 0) is 9.59 Å². The summed E-state index contributed by atoms with van der Waals surface area (Å²) >= 11 is 5.76. The molecule has 152 valence electrons. The lowest BCUT2D eigenvalue weighted by Gasteiger charge is -2.06. The Kier molecular flexibility index (Phi) is 7.49. The molecule has 2 aromatic rings. The highest BCUT2D eigenvalue weighted by molar-refractivity contribution is 6.31. The van der Waals surface area contributed by atoms with Crippen molar-refractivity contribution in [1.82, 2.24) is 5.43 Å². The van der Waals surface area contributed by atoms with Gasteiger partial charge in [-0.15, -0.1) is 0 Å². The van der Waals surface area contributed by atoms with E-state index < -0.39 is 22.3 Å². The summed E-state index contributed by atoms with van der Waals surface area (Å²) in [5, 5.41) is 27.0. The van der Waals surface area contributed by atoms with E-state index in [1.54, 1.807) is 24.3 Å². The smallest absolute Gasteiger partial charge is 0.312 e. The fraction of sp³-hybridized carbons (Fsp3) is 0.167. The summed E-state index contributed by atoms with van der Waals surface area (Å²) in [7, 11) is 1.53. The van der Waals surface area contributed by atoms with Gasteiger partial charge in [-0.3, -0.25) is 19.7 Å². The molecule has 0 saturated heterocycles. The monoisotopic (exact) mass is 420 g/mol. The summed E-state index contributed by atoms with van der Waals surface area (Å²) in [6, 6.07) is 8.95. The van der Waals surface area contributed by atoms with Gasteiger partial charge in [-0.2, -0.15) is 5.10 Å². The van der Waals surface area contributed by atoms with Crippen molar-refractivity contribution < 1.29 is 24.4 Å². The van der Waals surface area contributed by atoms with Crippen molar-refractivity contribution in [2.45, 2.75) is 12.8 Å². The van der Waals surface area contributed by atoms with Crippen molar-refractivity contribution in [3.8, 4) is 11.5 Å². The minimum atomic E-state index is -0.793. The van der Waals surface area contributed by atoms with Gasteiger partial charge in [0.25, 0.3) is 0 Å². The number of amides is 2. The Morgan fingerprint density at radius 2 is 1.90 bits per heavy atom. The van der Waals surface area contributed by atoms with Crippen molar-refractivity contribution in [3.05, 3.63) is 57.1 Å². The third-order valence-corrected chi connectivity index (χ3v) is 3.84. The van der Waals surface area contributed by atoms with Crippen molar-refractivity contribution in [2.75, 3.05) is 12.4 Å². The number of phenolic OH excluding ortho intramolecular Hbond substituents is 1. The largest absolute Gasteiger partial charge is 0.502 e. The lowest BCUT2D eigenvalue weighted by molar-refractivity contribution is -0.385. The summed E-state index contributed by atoms with van der Waals surface area (Å²) < 4.78 is 5.02. The van der Waals surface area contributed by atoms with E-state index in [0.29, 0.717) is 11.4 Å². The Morgan fingerprint density at radius 3 is 2.52 bits per heavy atom. The summed E-state index contributed by atoms with van der Waals surface area (Å²) in [6.45, 7) is 0. The highest BCUT2D eigenvalue weighted by Gasteiger charge is 2.17. The fourth-order valence-corrected chi connectivity index (χ4v) is 2.42. The third kappa shape index (κ3) is 6.47. The molecule has 0 aliphatic heterocycles. The molecule has 0 bridgehead atoms. The normalized spacial score (nSPS) is 10.6. The molecule has 0 heterocycles. The zero-order chi connectivity index (χ0) is 21.4. The minimum Gasteiger partial charge on any atom is -0.502 e. The summed E-state index contributed by atoms with van der Waals surface area (Å²) in [5.41, 5.74) is 2.11. The second-order valence-electron chi connectivity index (χ2n) is 5.69. The molecule has 0 unspecified atom stereocenters. The van der Waals surface area contributed by atoms with Crippen LogP contribution in [0.25, 0.3) is 0 Å². The lowest BCUT2D eigenvalue weighted by Crippen LogP contribution is -2.20. The predicted molar refractivity (Wildman–Crippen MR) is 106 cm³/mol. The molecule has 0 aromatic heterocycles. The highest BCUT2D eigenvalue weighted by atomic mass is 35.5. The van der Waals surface area contributed by atoms with E-state index in [0.717, 1.165) is 12.3 Å². The number of rotatable bonds is 8. The van der Waals surface area contributed by atoms with Crippen LogP contribution in [0.5, 0.6) is 11.5 Å². The van der Waals surface area contributed by atoms with Crippen molar-refractivity contribution in [1.29, 1.82) is 0 Å². The molecule has 11 heteroatoms. The molecule has 0 atom stereocenters. The maximum Gasteiger partial charge on any atom is 0.312 e. The molecule has 0 aliphatic rings. The Morgan fingerprint density at radius 1 is 1.24 bits per heavy atom. The number of nitro groups is 1. The predicted octanol–water partition coefficient (Wildman–Crippen LogP) is 2.83. The summed E-state index contributed by atoms with van der Waals surface area (Å²) in [5.74, 6) is -0.896. The molecule has 0 spiro atoms. The maximum atomic E-state index is 11.9. The van der Waals surface area contributed by atoms with Gasteiger partial charge in [0.05, 0.1) is 18.2 Å². The molecular formula is C18H17ClN4O6. The molecule has 2 amide bonds. The van der Waals surface area contributed by atoms with Crippen LogP contribution >= 0.6 is 11.6 Å². The number of halogens is 1. The van der Waals surface area contributed by atoms with E-state index in [-0.39, 0.29) is 29.3 Å². The van der Waals surface area contributed by atoms with Crippen molar-refractivity contribution in [3.63, 3.8) is 0 Å². The minimum absolute atomic E-state index is 0.0254. The molecule has 0 fully saturated rings. The topological polar surface area (TPSA) is 143 Å². The zero-order valence-corrected chi connectivity index (χ0v) is 16.0. The number of hydrazone groups is 1. The Bertz CT molecular complexity index is 946. The zero-order valence-electron chi connectivity index (χ0n) is 15.2. The fourth-order valence-electron chi connectivity index (χ4n) is 2.20. The van der Waals surface area contributed by atoms with Gasteiger partial charge in [0.1, 0.15) is 5.75 Å². The van der Waals surface area contributed by atoms with Crippen LogP contribution in [0.15, 0.2) is 41.5 Å². The first-order valence-electron chi connectivity index (χ1n) is 8.23. The van der Waals surface area contributed by atoms with Crippen LogP contribution in [0, 0.1) is 10.1 Å². The molecule has 0 saturated carbocycles. The second kappa shape index (κ2) is 10.0. The number of phenols is 1. The SMILES string of the molecule is COc1ccc(NC(=O)CCC(=O)N/N=C/c2cc(Cl)cc([N+](=O)[O-])c2O)cc1. The average molecular weight is 421 g/mol. The van der Waals surface area contributed by atoms with E-state index in [1.165, 1.54) is 13.2 Å². The molecular weight excluding hydrogens is 404 g/mol. The molecule has 2 rings (SSSR count). The van der Waals surface area contributed by atoms with E-state index in [1.807, 2.05) is 0 Å². The molecule has 29 heavy (non-hydrogen) atoms. The number of ether oxygens (including phenoxy) is 1. The number of hydrogen-bond acceptors (Lipinski definition) is 7. The first kappa shape index (κ1) is 21.6. The van der Waals surface area contributed by atoms with Crippen LogP contribution in [0.1, 0.15) is 18.4 Å². The number of methoxy groups -OCH3 is 1. The Hall–Kier alpha value is -3.66. The number of aromatic hydroxyl groups is 1. The Labute approximate surface area is 170 Å². The van der Waals surface area contributed by atoms with Crippen LogP contribution in [-0.4, -0.2) is 35.2 Å². The number of carbonyl (C=O) groups excluding carboxylic acids is 2. The van der Waals surface area contributed by atoms with Gasteiger partial charge in [0, 0.05) is 35.2 Å². The van der Waals surface area contributed by atoms with Gasteiger partial charge in [-0.1, -0.05) is 11.6 Å². The third-order valence-electron chi connectivity index (χ3n) is 3.63. The Balaban J connectivity index is 1.85. The average Bonchev–Trinajstić information content (AvgIpc) is 2.69. The van der Waals surface area contributed by atoms with E-state index >= 15 is 0 Å². The van der Waals surface area contributed by atoms with Gasteiger partial charge < -0.3 is 15.2 Å². The maximum absolute atomic E-state index is 11.9. The first-order chi connectivity index (χ1) is 13.8.